The highest BCUT2D eigenvalue weighted by Gasteiger charge is 2.34. The first-order valence-electron chi connectivity index (χ1n) is 20.6. The monoisotopic (exact) mass is 907 g/mol. The van der Waals surface area contributed by atoms with Crippen LogP contribution in [0.15, 0.2) is 143 Å². The van der Waals surface area contributed by atoms with Crippen LogP contribution in [0.4, 0.5) is 17.6 Å². The standard InChI is InChI=1S/C49H51ClF4NO5PS/c1-34(55(30-39-19-12-20-44(48(39)50)49(52,53)54)31-42(37-15-8-4-9-16-37)38-17-10-5-11-18-38)25-26-57-41-28-45(51)43(46(29-41)62-2)33-58-47(56)27-35-21-23-40(24-22-35)60-61-59-32-36-13-6-3-7-14-36/h3-4,6-10,12-21,23,28-29,34,42,61H,5,11,22,24-27,30-33H2,1-2H3/t34-,42?/m1/s1. The first-order chi connectivity index (χ1) is 30.0. The summed E-state index contributed by atoms with van der Waals surface area (Å²) in [5, 5.41) is -0.309. The Morgan fingerprint density at radius 3 is 2.42 bits per heavy atom. The van der Waals surface area contributed by atoms with E-state index in [4.69, 9.17) is 30.1 Å². The lowest BCUT2D eigenvalue weighted by Crippen LogP contribution is -2.37. The second kappa shape index (κ2) is 23.3. The SMILES string of the molecule is CSc1cc(OCC[C@@H](C)N(Cc2cccc(C(F)(F)F)c2Cl)CC(C2=CCCC=C2)c2ccccc2)cc(F)c1COC(=O)CC1=CC=C(OPOCc2ccccc2)CC1. The molecular weight excluding hydrogens is 857 g/mol. The third-order valence-electron chi connectivity index (χ3n) is 10.8. The number of benzene rings is 4. The molecule has 6 rings (SSSR count). The summed E-state index contributed by atoms with van der Waals surface area (Å²) in [7, 11) is -0.133. The predicted molar refractivity (Wildman–Crippen MR) is 241 cm³/mol. The van der Waals surface area contributed by atoms with E-state index in [1.807, 2.05) is 73.9 Å². The largest absolute Gasteiger partial charge is 0.493 e. The van der Waals surface area contributed by atoms with Crippen LogP contribution in [0.25, 0.3) is 0 Å². The van der Waals surface area contributed by atoms with Crippen LogP contribution in [-0.2, 0) is 44.5 Å². The van der Waals surface area contributed by atoms with Crippen molar-refractivity contribution in [3.63, 3.8) is 0 Å². The Morgan fingerprint density at radius 2 is 1.73 bits per heavy atom. The van der Waals surface area contributed by atoms with Crippen molar-refractivity contribution in [3.05, 3.63) is 177 Å². The van der Waals surface area contributed by atoms with Crippen LogP contribution in [0.2, 0.25) is 5.02 Å². The molecule has 2 unspecified atom stereocenters. The lowest BCUT2D eigenvalue weighted by Gasteiger charge is -2.34. The molecule has 0 fully saturated rings. The van der Waals surface area contributed by atoms with Crippen LogP contribution < -0.4 is 4.74 Å². The van der Waals surface area contributed by atoms with Crippen molar-refractivity contribution < 1.29 is 40.9 Å². The summed E-state index contributed by atoms with van der Waals surface area (Å²) in [5.41, 5.74) is 4.00. The number of carbonyl (C=O) groups is 1. The van der Waals surface area contributed by atoms with Crippen molar-refractivity contribution in [2.75, 3.05) is 19.4 Å². The zero-order chi connectivity index (χ0) is 43.9. The van der Waals surface area contributed by atoms with Gasteiger partial charge in [-0.2, -0.15) is 13.2 Å². The quantitative estimate of drug-likeness (QED) is 0.0271. The number of carbonyl (C=O) groups excluding carboxylic acids is 1. The Balaban J connectivity index is 1.06. The van der Waals surface area contributed by atoms with Gasteiger partial charge in [-0.15, -0.1) is 11.8 Å². The fourth-order valence-corrected chi connectivity index (χ4v) is 8.82. The van der Waals surface area contributed by atoms with Crippen molar-refractivity contribution in [2.24, 2.45) is 0 Å². The Hall–Kier alpha value is -4.38. The summed E-state index contributed by atoms with van der Waals surface area (Å²) < 4.78 is 80.3. The highest BCUT2D eigenvalue weighted by molar-refractivity contribution is 7.98. The smallest absolute Gasteiger partial charge is 0.417 e. The molecule has 328 valence electrons. The number of nitrogens with zero attached hydrogens (tertiary/aromatic N) is 1. The van der Waals surface area contributed by atoms with Gasteiger partial charge in [-0.25, -0.2) is 4.39 Å². The molecule has 0 spiro atoms. The van der Waals surface area contributed by atoms with Crippen molar-refractivity contribution in [3.8, 4) is 5.75 Å². The third kappa shape index (κ3) is 13.8. The van der Waals surface area contributed by atoms with Gasteiger partial charge in [0, 0.05) is 48.0 Å². The fourth-order valence-electron chi connectivity index (χ4n) is 7.33. The minimum absolute atomic E-state index is 0.0411. The number of esters is 1. The maximum atomic E-state index is 15.6. The van der Waals surface area contributed by atoms with E-state index in [9.17, 15) is 18.0 Å². The van der Waals surface area contributed by atoms with E-state index < -0.39 is 23.5 Å². The molecule has 6 nitrogen and oxygen atoms in total. The van der Waals surface area contributed by atoms with E-state index in [-0.39, 0.29) is 57.8 Å². The van der Waals surface area contributed by atoms with Gasteiger partial charge in [-0.05, 0) is 79.3 Å². The Morgan fingerprint density at radius 1 is 0.952 bits per heavy atom. The summed E-state index contributed by atoms with van der Waals surface area (Å²) in [6.07, 6.45) is 11.2. The Bertz CT molecular complexity index is 2230. The number of hydrogen-bond donors (Lipinski definition) is 0. The van der Waals surface area contributed by atoms with Gasteiger partial charge in [0.1, 0.15) is 23.9 Å². The molecule has 0 bridgehead atoms. The third-order valence-corrected chi connectivity index (χ3v) is 12.7. The lowest BCUT2D eigenvalue weighted by atomic mass is 9.87. The van der Waals surface area contributed by atoms with Crippen LogP contribution >= 0.6 is 32.4 Å². The zero-order valence-corrected chi connectivity index (χ0v) is 37.3. The Labute approximate surface area is 373 Å². The highest BCUT2D eigenvalue weighted by atomic mass is 35.5. The van der Waals surface area contributed by atoms with E-state index >= 15 is 4.39 Å². The van der Waals surface area contributed by atoms with Crippen molar-refractivity contribution in [1.82, 2.24) is 4.90 Å². The van der Waals surface area contributed by atoms with Gasteiger partial charge in [-0.1, -0.05) is 114 Å². The average Bonchev–Trinajstić information content (AvgIpc) is 3.27. The number of thioether (sulfide) groups is 1. The van der Waals surface area contributed by atoms with Gasteiger partial charge in [-0.3, -0.25) is 9.69 Å². The van der Waals surface area contributed by atoms with Crippen LogP contribution in [0.1, 0.15) is 79.2 Å². The van der Waals surface area contributed by atoms with Gasteiger partial charge < -0.3 is 18.5 Å². The van der Waals surface area contributed by atoms with E-state index in [0.29, 0.717) is 48.6 Å². The molecule has 0 aliphatic heterocycles. The normalized spacial score (nSPS) is 15.3. The minimum atomic E-state index is -4.59. The molecule has 0 radical (unpaired) electrons. The van der Waals surface area contributed by atoms with Crippen molar-refractivity contribution in [2.45, 2.75) is 88.2 Å². The molecule has 2 aliphatic carbocycles. The molecule has 0 saturated carbocycles. The molecule has 0 N–H and O–H groups in total. The number of rotatable bonds is 21. The zero-order valence-electron chi connectivity index (χ0n) is 34.8. The Kier molecular flexibility index (Phi) is 17.7. The molecule has 0 aromatic heterocycles. The topological polar surface area (TPSA) is 57.2 Å². The molecular formula is C49H51ClF4NO5PS. The van der Waals surface area contributed by atoms with Gasteiger partial charge in [0.15, 0.2) is 0 Å². The molecule has 4 aromatic rings. The summed E-state index contributed by atoms with van der Waals surface area (Å²) in [6, 6.07) is 26.8. The number of halogens is 5. The predicted octanol–water partition coefficient (Wildman–Crippen LogP) is 13.7. The van der Waals surface area contributed by atoms with Crippen molar-refractivity contribution in [1.29, 1.82) is 0 Å². The molecule has 4 aromatic carbocycles. The second-order valence-electron chi connectivity index (χ2n) is 15.2. The first-order valence-corrected chi connectivity index (χ1v) is 23.0. The maximum Gasteiger partial charge on any atom is 0.417 e. The summed E-state index contributed by atoms with van der Waals surface area (Å²) in [6.45, 7) is 3.16. The minimum Gasteiger partial charge on any atom is -0.493 e. The van der Waals surface area contributed by atoms with Crippen LogP contribution in [0.3, 0.4) is 0 Å². The van der Waals surface area contributed by atoms with Gasteiger partial charge >= 0.3 is 12.1 Å². The molecule has 0 heterocycles. The molecule has 0 saturated heterocycles. The molecule has 2 aliphatic rings. The van der Waals surface area contributed by atoms with Gasteiger partial charge in [0.25, 0.3) is 0 Å². The van der Waals surface area contributed by atoms with E-state index in [0.717, 1.165) is 46.9 Å². The highest BCUT2D eigenvalue weighted by Crippen LogP contribution is 2.38. The molecule has 0 amide bonds. The van der Waals surface area contributed by atoms with Gasteiger partial charge in [0.05, 0.1) is 30.2 Å². The number of alkyl halides is 3. The number of ether oxygens (including phenoxy) is 2. The first kappa shape index (κ1) is 47.1. The van der Waals surface area contributed by atoms with Crippen LogP contribution in [-0.4, -0.2) is 36.3 Å². The van der Waals surface area contributed by atoms with Gasteiger partial charge in [0.2, 0.25) is 9.03 Å². The summed E-state index contributed by atoms with van der Waals surface area (Å²) >= 11 is 7.75. The summed E-state index contributed by atoms with van der Waals surface area (Å²) in [5.74, 6) is 0.0652. The number of allylic oxidation sites excluding steroid dienone is 6. The van der Waals surface area contributed by atoms with E-state index in [1.165, 1.54) is 23.9 Å². The summed E-state index contributed by atoms with van der Waals surface area (Å²) in [4.78, 5) is 15.6. The molecule has 13 heteroatoms. The average molecular weight is 908 g/mol. The molecule has 3 atom stereocenters. The van der Waals surface area contributed by atoms with E-state index in [2.05, 4.69) is 35.3 Å². The van der Waals surface area contributed by atoms with Crippen molar-refractivity contribution >= 4 is 38.4 Å². The maximum absolute atomic E-state index is 15.6. The van der Waals surface area contributed by atoms with Crippen LogP contribution in [0.5, 0.6) is 5.75 Å². The van der Waals surface area contributed by atoms with Crippen LogP contribution in [0, 0.1) is 5.82 Å². The van der Waals surface area contributed by atoms with E-state index in [1.54, 1.807) is 12.1 Å². The fraction of sp³-hybridized carbons (Fsp3) is 0.327. The molecule has 62 heavy (non-hydrogen) atoms. The lowest BCUT2D eigenvalue weighted by molar-refractivity contribution is -0.144. The number of hydrogen-bond acceptors (Lipinski definition) is 7. The second-order valence-corrected chi connectivity index (χ2v) is 17.1.